The van der Waals surface area contributed by atoms with Crippen molar-refractivity contribution in [1.82, 2.24) is 29.1 Å². The first-order chi connectivity index (χ1) is 20.0. The number of hydrogen-bond acceptors (Lipinski definition) is 8. The number of aromatic nitrogens is 4. The van der Waals surface area contributed by atoms with Crippen molar-refractivity contribution in [2.45, 2.75) is 24.9 Å². The van der Waals surface area contributed by atoms with Gasteiger partial charge in [0.1, 0.15) is 23.1 Å². The zero-order valence-corrected chi connectivity index (χ0v) is 23.8. The van der Waals surface area contributed by atoms with Crippen LogP contribution in [0.1, 0.15) is 12.5 Å². The number of piperazine rings is 1. The second-order valence-electron chi connectivity index (χ2n) is 9.74. The number of benzene rings is 1. The lowest BCUT2D eigenvalue weighted by Gasteiger charge is -2.40. The maximum absolute atomic E-state index is 15.7. The van der Waals surface area contributed by atoms with Crippen LogP contribution in [0.5, 0.6) is 0 Å². The molecule has 0 unspecified atom stereocenters. The van der Waals surface area contributed by atoms with Gasteiger partial charge >= 0.3 is 5.69 Å². The SMILES string of the molecule is C=CC(=O)N1CCN(c2nc(=O)n(-c3c(C)ccnc3S(=O)(=O)NC)c3nc(-c4ccccc4F)c(F)cc23)[C@@H](C)C1. The number of amides is 1. The van der Waals surface area contributed by atoms with Crippen molar-refractivity contribution in [2.24, 2.45) is 0 Å². The number of nitrogens with one attached hydrogen (secondary N) is 1. The number of sulfonamides is 1. The van der Waals surface area contributed by atoms with Crippen molar-refractivity contribution in [1.29, 1.82) is 0 Å². The molecule has 5 rings (SSSR count). The quantitative estimate of drug-likeness (QED) is 0.337. The van der Waals surface area contributed by atoms with Crippen LogP contribution in [-0.2, 0) is 14.8 Å². The molecule has 0 aliphatic carbocycles. The molecular weight excluding hydrogens is 568 g/mol. The van der Waals surface area contributed by atoms with Gasteiger partial charge in [0.25, 0.3) is 10.0 Å². The van der Waals surface area contributed by atoms with E-state index in [0.29, 0.717) is 5.56 Å². The summed E-state index contributed by atoms with van der Waals surface area (Å²) in [4.78, 5) is 42.1. The number of aryl methyl sites for hydroxylation is 1. The summed E-state index contributed by atoms with van der Waals surface area (Å²) in [6.45, 7) is 7.76. The van der Waals surface area contributed by atoms with Crippen LogP contribution < -0.4 is 15.3 Å². The predicted octanol–water partition coefficient (Wildman–Crippen LogP) is 2.56. The Kier molecular flexibility index (Phi) is 7.60. The average Bonchev–Trinajstić information content (AvgIpc) is 2.97. The lowest BCUT2D eigenvalue weighted by Crippen LogP contribution is -2.54. The Morgan fingerprint density at radius 3 is 2.55 bits per heavy atom. The van der Waals surface area contributed by atoms with Crippen molar-refractivity contribution >= 4 is 32.8 Å². The third kappa shape index (κ3) is 4.92. The van der Waals surface area contributed by atoms with Gasteiger partial charge in [0, 0.05) is 37.4 Å². The summed E-state index contributed by atoms with van der Waals surface area (Å²) in [6, 6.07) is 7.74. The molecule has 1 aliphatic heterocycles. The molecule has 1 saturated heterocycles. The lowest BCUT2D eigenvalue weighted by atomic mass is 10.1. The molecule has 1 amide bonds. The summed E-state index contributed by atoms with van der Waals surface area (Å²) >= 11 is 0. The van der Waals surface area contributed by atoms with E-state index >= 15 is 4.39 Å². The number of hydrogen-bond donors (Lipinski definition) is 1. The average molecular weight is 596 g/mol. The zero-order valence-electron chi connectivity index (χ0n) is 23.0. The molecule has 1 aliphatic rings. The minimum Gasteiger partial charge on any atom is -0.350 e. The van der Waals surface area contributed by atoms with Crippen LogP contribution in [-0.4, -0.2) is 71.5 Å². The molecule has 1 aromatic carbocycles. The van der Waals surface area contributed by atoms with Crippen LogP contribution in [0.25, 0.3) is 28.0 Å². The molecule has 42 heavy (non-hydrogen) atoms. The Bertz CT molecular complexity index is 1910. The minimum absolute atomic E-state index is 0.0820. The molecule has 1 atom stereocenters. The van der Waals surface area contributed by atoms with E-state index in [2.05, 4.69) is 26.3 Å². The first kappa shape index (κ1) is 29.0. The Morgan fingerprint density at radius 2 is 1.88 bits per heavy atom. The maximum Gasteiger partial charge on any atom is 0.355 e. The van der Waals surface area contributed by atoms with Gasteiger partial charge in [-0.1, -0.05) is 18.7 Å². The highest BCUT2D eigenvalue weighted by molar-refractivity contribution is 7.89. The highest BCUT2D eigenvalue weighted by Gasteiger charge is 2.31. The normalized spacial score (nSPS) is 15.7. The van der Waals surface area contributed by atoms with E-state index in [1.165, 1.54) is 43.6 Å². The Labute approximate surface area is 240 Å². The third-order valence-electron chi connectivity index (χ3n) is 7.16. The van der Waals surface area contributed by atoms with Crippen LogP contribution in [0.2, 0.25) is 0 Å². The van der Waals surface area contributed by atoms with Crippen LogP contribution in [0.15, 0.2) is 65.1 Å². The largest absolute Gasteiger partial charge is 0.355 e. The number of fused-ring (bicyclic) bond motifs is 1. The molecule has 0 spiro atoms. The van der Waals surface area contributed by atoms with Crippen molar-refractivity contribution in [3.8, 4) is 16.9 Å². The molecule has 1 fully saturated rings. The van der Waals surface area contributed by atoms with E-state index < -0.39 is 32.4 Å². The fourth-order valence-corrected chi connectivity index (χ4v) is 5.96. The summed E-state index contributed by atoms with van der Waals surface area (Å²) in [6.07, 6.45) is 2.50. The second-order valence-corrected chi connectivity index (χ2v) is 11.5. The fraction of sp³-hybridized carbons (Fsp3) is 0.250. The van der Waals surface area contributed by atoms with Crippen LogP contribution >= 0.6 is 0 Å². The highest BCUT2D eigenvalue weighted by Crippen LogP contribution is 2.33. The molecular formula is C28H27F2N7O4S. The zero-order chi connectivity index (χ0) is 30.3. The first-order valence-corrected chi connectivity index (χ1v) is 14.4. The summed E-state index contributed by atoms with van der Waals surface area (Å²) in [5.41, 5.74) is -1.36. The van der Waals surface area contributed by atoms with E-state index in [1.54, 1.807) is 16.7 Å². The van der Waals surface area contributed by atoms with Gasteiger partial charge < -0.3 is 9.80 Å². The molecule has 0 saturated carbocycles. The molecule has 11 nitrogen and oxygen atoms in total. The van der Waals surface area contributed by atoms with E-state index in [9.17, 15) is 22.4 Å². The van der Waals surface area contributed by atoms with Gasteiger partial charge in [-0.25, -0.2) is 41.3 Å². The molecule has 4 heterocycles. The fourth-order valence-electron chi connectivity index (χ4n) is 5.06. The molecule has 1 N–H and O–H groups in total. The predicted molar refractivity (Wildman–Crippen MR) is 153 cm³/mol. The number of rotatable bonds is 6. The Hall–Kier alpha value is -4.56. The molecule has 14 heteroatoms. The van der Waals surface area contributed by atoms with Gasteiger partial charge in [-0.05, 0) is 56.8 Å². The van der Waals surface area contributed by atoms with Crippen molar-refractivity contribution < 1.29 is 22.0 Å². The van der Waals surface area contributed by atoms with Gasteiger partial charge in [-0.15, -0.1) is 0 Å². The first-order valence-electron chi connectivity index (χ1n) is 12.9. The maximum atomic E-state index is 15.7. The van der Waals surface area contributed by atoms with E-state index in [0.717, 1.165) is 16.7 Å². The minimum atomic E-state index is -4.18. The summed E-state index contributed by atoms with van der Waals surface area (Å²) < 4.78 is 59.6. The number of pyridine rings is 2. The van der Waals surface area contributed by atoms with Crippen molar-refractivity contribution in [2.75, 3.05) is 31.6 Å². The summed E-state index contributed by atoms with van der Waals surface area (Å²) in [5, 5.41) is -0.384. The van der Waals surface area contributed by atoms with Gasteiger partial charge in [-0.3, -0.25) is 4.79 Å². The van der Waals surface area contributed by atoms with E-state index in [1.807, 2.05) is 6.92 Å². The third-order valence-corrected chi connectivity index (χ3v) is 8.50. The standard InChI is InChI=1S/C28H27F2N7O4S/c1-5-22(38)35-12-13-36(17(3)15-35)25-19-14-21(30)23(18-8-6-7-9-20(18)29)33-26(19)37(28(39)34-25)24-16(2)10-11-32-27(24)42(40,41)31-4/h5-11,14,17,31H,1,12-13,15H2,2-4H3/t17-/m0/s1. The summed E-state index contributed by atoms with van der Waals surface area (Å²) in [5.74, 6) is -1.77. The van der Waals surface area contributed by atoms with Crippen molar-refractivity contribution in [3.05, 3.63) is 82.9 Å². The number of carbonyl (C=O) groups is 1. The van der Waals surface area contributed by atoms with Crippen LogP contribution in [0.4, 0.5) is 14.6 Å². The molecule has 218 valence electrons. The molecule has 0 bridgehead atoms. The number of anilines is 1. The Morgan fingerprint density at radius 1 is 1.14 bits per heavy atom. The van der Waals surface area contributed by atoms with Gasteiger partial charge in [0.15, 0.2) is 10.7 Å². The van der Waals surface area contributed by atoms with Gasteiger partial charge in [0.2, 0.25) is 5.91 Å². The number of carbonyl (C=O) groups excluding carboxylic acids is 1. The monoisotopic (exact) mass is 595 g/mol. The van der Waals surface area contributed by atoms with E-state index in [4.69, 9.17) is 0 Å². The highest BCUT2D eigenvalue weighted by atomic mass is 32.2. The van der Waals surface area contributed by atoms with Crippen LogP contribution in [0, 0.1) is 18.6 Å². The molecule has 3 aromatic heterocycles. The number of halogens is 2. The van der Waals surface area contributed by atoms with E-state index in [-0.39, 0.29) is 65.4 Å². The number of nitrogens with zero attached hydrogens (tertiary/aromatic N) is 6. The summed E-state index contributed by atoms with van der Waals surface area (Å²) in [7, 11) is -2.98. The van der Waals surface area contributed by atoms with Gasteiger partial charge in [-0.2, -0.15) is 4.98 Å². The van der Waals surface area contributed by atoms with Gasteiger partial charge in [0.05, 0.1) is 11.1 Å². The lowest BCUT2D eigenvalue weighted by molar-refractivity contribution is -0.126. The second kappa shape index (κ2) is 11.0. The smallest absolute Gasteiger partial charge is 0.350 e. The molecule has 4 aromatic rings. The Balaban J connectivity index is 1.85. The topological polar surface area (TPSA) is 130 Å². The van der Waals surface area contributed by atoms with Crippen molar-refractivity contribution in [3.63, 3.8) is 0 Å². The molecule has 0 radical (unpaired) electrons. The van der Waals surface area contributed by atoms with Crippen LogP contribution in [0.3, 0.4) is 0 Å².